The number of rotatable bonds is 3. The highest BCUT2D eigenvalue weighted by atomic mass is 16.1. The molecule has 0 N–H and O–H groups in total. The Kier molecular flexibility index (Phi) is 3.75. The molecule has 98 valence electrons. The molecule has 18 heavy (non-hydrogen) atoms. The Morgan fingerprint density at radius 1 is 0.944 bits per heavy atom. The molecule has 0 bridgehead atoms. The molecule has 0 amide bonds. The second-order valence-corrected chi connectivity index (χ2v) is 5.67. The summed E-state index contributed by atoms with van der Waals surface area (Å²) < 4.78 is 0. The molecule has 0 saturated carbocycles. The molecule has 0 atom stereocenters. The zero-order chi connectivity index (χ0) is 14.2. The van der Waals surface area contributed by atoms with Crippen LogP contribution in [0.1, 0.15) is 48.0 Å². The Morgan fingerprint density at radius 3 is 1.83 bits per heavy atom. The van der Waals surface area contributed by atoms with Gasteiger partial charge in [0.05, 0.1) is 0 Å². The molecule has 0 spiro atoms. The van der Waals surface area contributed by atoms with Gasteiger partial charge in [-0.3, -0.25) is 14.4 Å². The molecule has 0 aromatic heterocycles. The number of carbonyl (C=O) groups is 3. The molecule has 1 aliphatic carbocycles. The van der Waals surface area contributed by atoms with Crippen molar-refractivity contribution in [3.05, 3.63) is 22.3 Å². The molecular weight excluding hydrogens is 228 g/mol. The van der Waals surface area contributed by atoms with Crippen LogP contribution in [0.25, 0.3) is 0 Å². The van der Waals surface area contributed by atoms with Crippen LogP contribution in [0.15, 0.2) is 22.3 Å². The third kappa shape index (κ3) is 2.35. The lowest BCUT2D eigenvalue weighted by Crippen LogP contribution is -2.31. The van der Waals surface area contributed by atoms with Crippen LogP contribution in [0.2, 0.25) is 0 Å². The predicted molar refractivity (Wildman–Crippen MR) is 70.2 cm³/mol. The number of carbonyl (C=O) groups excluding carboxylic acids is 3. The van der Waals surface area contributed by atoms with Crippen LogP contribution in [0.5, 0.6) is 0 Å². The van der Waals surface area contributed by atoms with E-state index in [9.17, 15) is 14.4 Å². The molecule has 0 fully saturated rings. The largest absolute Gasteiger partial charge is 0.300 e. The van der Waals surface area contributed by atoms with Crippen LogP contribution in [-0.2, 0) is 14.4 Å². The number of allylic oxidation sites excluding steroid dienone is 4. The first-order valence-electron chi connectivity index (χ1n) is 6.07. The predicted octanol–water partition coefficient (Wildman–Crippen LogP) is 2.80. The number of hydrogen-bond donors (Lipinski definition) is 0. The molecule has 3 nitrogen and oxygen atoms in total. The van der Waals surface area contributed by atoms with E-state index in [1.807, 2.05) is 13.8 Å². The molecule has 0 aromatic carbocycles. The fraction of sp³-hybridized carbons (Fsp3) is 0.533. The lowest BCUT2D eigenvalue weighted by atomic mass is 9.71. The molecule has 0 saturated heterocycles. The third-order valence-electron chi connectivity index (χ3n) is 3.55. The summed E-state index contributed by atoms with van der Waals surface area (Å²) >= 11 is 0. The van der Waals surface area contributed by atoms with Crippen molar-refractivity contribution in [1.82, 2.24) is 0 Å². The smallest absolute Gasteiger partial charge is 0.186 e. The lowest BCUT2D eigenvalue weighted by molar-refractivity contribution is -0.120. The van der Waals surface area contributed by atoms with Crippen molar-refractivity contribution in [3.8, 4) is 0 Å². The van der Waals surface area contributed by atoms with Crippen molar-refractivity contribution >= 4 is 17.3 Å². The van der Waals surface area contributed by atoms with E-state index in [4.69, 9.17) is 0 Å². The van der Waals surface area contributed by atoms with E-state index >= 15 is 0 Å². The molecule has 1 aliphatic rings. The first-order chi connectivity index (χ1) is 8.09. The zero-order valence-electron chi connectivity index (χ0n) is 11.9. The second kappa shape index (κ2) is 4.63. The van der Waals surface area contributed by atoms with E-state index in [1.54, 1.807) is 20.8 Å². The first kappa shape index (κ1) is 14.6. The number of ketones is 3. The standard InChI is InChI=1S/C15H20O3/c1-8(16)7-15(5,6)12-11(4)13(17)9(2)10(3)14(12)18/h7H2,1-6H3. The lowest BCUT2D eigenvalue weighted by Gasteiger charge is -2.31. The van der Waals surface area contributed by atoms with Gasteiger partial charge in [0.1, 0.15) is 5.78 Å². The van der Waals surface area contributed by atoms with Crippen LogP contribution in [-0.4, -0.2) is 17.3 Å². The molecule has 0 unspecified atom stereocenters. The van der Waals surface area contributed by atoms with Gasteiger partial charge >= 0.3 is 0 Å². The van der Waals surface area contributed by atoms with Crippen molar-refractivity contribution < 1.29 is 14.4 Å². The molecule has 0 aromatic rings. The highest BCUT2D eigenvalue weighted by Crippen LogP contribution is 2.38. The van der Waals surface area contributed by atoms with Gasteiger partial charge in [-0.15, -0.1) is 0 Å². The van der Waals surface area contributed by atoms with Gasteiger partial charge in [-0.05, 0) is 27.7 Å². The number of Topliss-reactive ketones (excluding diaryl/α,β-unsaturated/α-hetero) is 3. The maximum Gasteiger partial charge on any atom is 0.186 e. The zero-order valence-corrected chi connectivity index (χ0v) is 11.9. The number of hydrogen-bond acceptors (Lipinski definition) is 3. The van der Waals surface area contributed by atoms with Gasteiger partial charge in [0, 0.05) is 34.1 Å². The van der Waals surface area contributed by atoms with E-state index in [1.165, 1.54) is 6.92 Å². The van der Waals surface area contributed by atoms with Gasteiger partial charge in [0.2, 0.25) is 0 Å². The summed E-state index contributed by atoms with van der Waals surface area (Å²) in [6.07, 6.45) is 0.269. The highest BCUT2D eigenvalue weighted by molar-refractivity contribution is 6.25. The third-order valence-corrected chi connectivity index (χ3v) is 3.55. The quantitative estimate of drug-likeness (QED) is 0.722. The molecule has 0 heterocycles. The SMILES string of the molecule is CC(=O)CC(C)(C)C1=C(C)C(=O)C(C)=C(C)C1=O. The summed E-state index contributed by atoms with van der Waals surface area (Å²) in [6.45, 7) is 10.2. The van der Waals surface area contributed by atoms with Crippen LogP contribution in [0.4, 0.5) is 0 Å². The summed E-state index contributed by atoms with van der Waals surface area (Å²) in [7, 11) is 0. The van der Waals surface area contributed by atoms with Crippen molar-refractivity contribution in [2.75, 3.05) is 0 Å². The average Bonchev–Trinajstić information content (AvgIpc) is 2.21. The summed E-state index contributed by atoms with van der Waals surface area (Å²) in [5, 5.41) is 0. The van der Waals surface area contributed by atoms with Gasteiger partial charge in [0.25, 0.3) is 0 Å². The Hall–Kier alpha value is -1.51. The van der Waals surface area contributed by atoms with E-state index in [-0.39, 0.29) is 23.8 Å². The molecule has 0 aliphatic heterocycles. The van der Waals surface area contributed by atoms with Crippen molar-refractivity contribution in [2.45, 2.75) is 48.0 Å². The van der Waals surface area contributed by atoms with Gasteiger partial charge in [-0.2, -0.15) is 0 Å². The Labute approximate surface area is 108 Å². The van der Waals surface area contributed by atoms with Crippen molar-refractivity contribution in [2.24, 2.45) is 5.41 Å². The summed E-state index contributed by atoms with van der Waals surface area (Å²) in [5.74, 6) is -0.168. The fourth-order valence-electron chi connectivity index (χ4n) is 2.62. The van der Waals surface area contributed by atoms with E-state index in [0.29, 0.717) is 22.3 Å². The summed E-state index contributed by atoms with van der Waals surface area (Å²) in [5.41, 5.74) is 1.39. The highest BCUT2D eigenvalue weighted by Gasteiger charge is 2.37. The minimum atomic E-state index is -0.593. The van der Waals surface area contributed by atoms with Crippen LogP contribution >= 0.6 is 0 Å². The normalized spacial score (nSPS) is 17.7. The summed E-state index contributed by atoms with van der Waals surface area (Å²) in [4.78, 5) is 35.7. The second-order valence-electron chi connectivity index (χ2n) is 5.67. The maximum absolute atomic E-state index is 12.3. The van der Waals surface area contributed by atoms with Crippen LogP contribution in [0, 0.1) is 5.41 Å². The summed E-state index contributed by atoms with van der Waals surface area (Å²) in [6, 6.07) is 0. The van der Waals surface area contributed by atoms with Crippen molar-refractivity contribution in [1.29, 1.82) is 0 Å². The minimum Gasteiger partial charge on any atom is -0.300 e. The van der Waals surface area contributed by atoms with E-state index < -0.39 is 5.41 Å². The van der Waals surface area contributed by atoms with Crippen LogP contribution < -0.4 is 0 Å². The van der Waals surface area contributed by atoms with Gasteiger partial charge in [0.15, 0.2) is 11.6 Å². The minimum absolute atomic E-state index is 0.0180. The molecular formula is C15H20O3. The first-order valence-corrected chi connectivity index (χ1v) is 6.07. The van der Waals surface area contributed by atoms with Gasteiger partial charge in [-0.25, -0.2) is 0 Å². The maximum atomic E-state index is 12.3. The van der Waals surface area contributed by atoms with Gasteiger partial charge < -0.3 is 0 Å². The van der Waals surface area contributed by atoms with E-state index in [0.717, 1.165) is 0 Å². The van der Waals surface area contributed by atoms with Crippen molar-refractivity contribution in [3.63, 3.8) is 0 Å². The van der Waals surface area contributed by atoms with Gasteiger partial charge in [-0.1, -0.05) is 13.8 Å². The molecule has 1 rings (SSSR count). The monoisotopic (exact) mass is 248 g/mol. The molecule has 3 heteroatoms. The Balaban J connectivity index is 3.36. The van der Waals surface area contributed by atoms with Crippen LogP contribution in [0.3, 0.4) is 0 Å². The molecule has 0 radical (unpaired) electrons. The Bertz CT molecular complexity index is 502. The fourth-order valence-corrected chi connectivity index (χ4v) is 2.62. The topological polar surface area (TPSA) is 51.2 Å². The average molecular weight is 248 g/mol. The van der Waals surface area contributed by atoms with E-state index in [2.05, 4.69) is 0 Å². The Morgan fingerprint density at radius 2 is 1.39 bits per heavy atom.